The van der Waals surface area contributed by atoms with Gasteiger partial charge in [-0.1, -0.05) is 56.3 Å². The fourth-order valence-electron chi connectivity index (χ4n) is 2.76. The van der Waals surface area contributed by atoms with Gasteiger partial charge >= 0.3 is 0 Å². The minimum absolute atomic E-state index is 0.0446. The number of carbonyl (C=O) groups excluding carboxylic acids is 1. The fraction of sp³-hybridized carbons (Fsp3) is 0.533. The molecule has 2 atom stereocenters. The molecule has 0 spiro atoms. The molecule has 1 aliphatic heterocycles. The molecule has 1 aromatic rings. The third-order valence-electron chi connectivity index (χ3n) is 3.78. The minimum atomic E-state index is -0.122. The Hall–Kier alpha value is -0.730. The van der Waals surface area contributed by atoms with Crippen LogP contribution in [0.4, 0.5) is 5.69 Å². The smallest absolute Gasteiger partial charge is 0.232 e. The zero-order chi connectivity index (χ0) is 14.0. The highest BCUT2D eigenvalue weighted by atomic mass is 35.5. The molecule has 0 fully saturated rings. The average Bonchev–Trinajstić information content (AvgIpc) is 2.66. The molecule has 0 saturated heterocycles. The van der Waals surface area contributed by atoms with E-state index in [-0.39, 0.29) is 11.8 Å². The quantitative estimate of drug-likeness (QED) is 0.740. The normalized spacial score (nSPS) is 19.2. The fourth-order valence-corrected chi connectivity index (χ4v) is 3.32. The number of fused-ring (bicyclic) bond motifs is 1. The molecule has 1 heterocycles. The summed E-state index contributed by atoms with van der Waals surface area (Å²) in [5.74, 6) is 0.230. The van der Waals surface area contributed by atoms with Gasteiger partial charge in [-0.15, -0.1) is 0 Å². The molecule has 0 bridgehead atoms. The summed E-state index contributed by atoms with van der Waals surface area (Å²) in [6.45, 7) is 4.31. The van der Waals surface area contributed by atoms with Crippen LogP contribution in [-0.2, 0) is 4.79 Å². The number of hydrogen-bond donors (Lipinski definition) is 1. The van der Waals surface area contributed by atoms with Crippen LogP contribution < -0.4 is 5.32 Å². The Morgan fingerprint density at radius 3 is 2.74 bits per heavy atom. The highest BCUT2D eigenvalue weighted by molar-refractivity contribution is 6.37. The topological polar surface area (TPSA) is 29.1 Å². The first-order chi connectivity index (χ1) is 9.04. The number of halogens is 2. The van der Waals surface area contributed by atoms with Gasteiger partial charge in [-0.25, -0.2) is 0 Å². The summed E-state index contributed by atoms with van der Waals surface area (Å²) < 4.78 is 0. The van der Waals surface area contributed by atoms with Gasteiger partial charge in [-0.2, -0.15) is 0 Å². The van der Waals surface area contributed by atoms with E-state index in [0.29, 0.717) is 16.0 Å². The molecule has 1 aliphatic rings. The summed E-state index contributed by atoms with van der Waals surface area (Å²) in [5, 5.41) is 4.00. The molecule has 104 valence electrons. The van der Waals surface area contributed by atoms with Crippen LogP contribution in [0, 0.1) is 5.92 Å². The number of benzene rings is 1. The van der Waals surface area contributed by atoms with Crippen molar-refractivity contribution in [2.75, 3.05) is 5.32 Å². The molecule has 1 amide bonds. The monoisotopic (exact) mass is 299 g/mol. The van der Waals surface area contributed by atoms with Crippen LogP contribution in [0.25, 0.3) is 0 Å². The second-order valence-corrected chi connectivity index (χ2v) is 6.14. The Morgan fingerprint density at radius 1 is 1.32 bits per heavy atom. The molecule has 0 saturated carbocycles. The van der Waals surface area contributed by atoms with Crippen molar-refractivity contribution in [1.29, 1.82) is 0 Å². The third kappa shape index (κ3) is 3.06. The lowest BCUT2D eigenvalue weighted by molar-refractivity contribution is -0.118. The lowest BCUT2D eigenvalue weighted by atomic mass is 9.85. The van der Waals surface area contributed by atoms with Crippen LogP contribution in [-0.4, -0.2) is 5.91 Å². The predicted molar refractivity (Wildman–Crippen MR) is 81.1 cm³/mol. The number of carbonyl (C=O) groups is 1. The van der Waals surface area contributed by atoms with E-state index in [1.54, 1.807) is 6.07 Å². The zero-order valence-electron chi connectivity index (χ0n) is 11.3. The van der Waals surface area contributed by atoms with Gasteiger partial charge < -0.3 is 5.32 Å². The van der Waals surface area contributed by atoms with Crippen LogP contribution in [0.15, 0.2) is 12.1 Å². The average molecular weight is 300 g/mol. The second kappa shape index (κ2) is 6.15. The molecule has 0 radical (unpaired) electrons. The molecule has 2 rings (SSSR count). The van der Waals surface area contributed by atoms with Gasteiger partial charge in [0, 0.05) is 5.02 Å². The van der Waals surface area contributed by atoms with E-state index < -0.39 is 0 Å². The van der Waals surface area contributed by atoms with Gasteiger partial charge in [0.25, 0.3) is 0 Å². The predicted octanol–water partition coefficient (Wildman–Crippen LogP) is 5.25. The van der Waals surface area contributed by atoms with E-state index in [4.69, 9.17) is 23.2 Å². The zero-order valence-corrected chi connectivity index (χ0v) is 12.8. The summed E-state index contributed by atoms with van der Waals surface area (Å²) in [5.41, 5.74) is 1.69. The maximum atomic E-state index is 12.2. The molecule has 1 aromatic carbocycles. The maximum Gasteiger partial charge on any atom is 0.232 e. The van der Waals surface area contributed by atoms with Gasteiger partial charge in [-0.3, -0.25) is 4.79 Å². The number of anilines is 1. The second-order valence-electron chi connectivity index (χ2n) is 5.29. The minimum Gasteiger partial charge on any atom is -0.324 e. The van der Waals surface area contributed by atoms with Gasteiger partial charge in [0.05, 0.1) is 16.6 Å². The van der Waals surface area contributed by atoms with Crippen molar-refractivity contribution >= 4 is 34.8 Å². The molecule has 0 aliphatic carbocycles. The Bertz CT molecular complexity index is 487. The molecule has 2 nitrogen and oxygen atoms in total. The molecule has 4 heteroatoms. The van der Waals surface area contributed by atoms with Crippen LogP contribution in [0.1, 0.15) is 51.0 Å². The lowest BCUT2D eigenvalue weighted by Gasteiger charge is -2.18. The highest BCUT2D eigenvalue weighted by Crippen LogP contribution is 2.44. The first-order valence-corrected chi connectivity index (χ1v) is 7.60. The molecule has 19 heavy (non-hydrogen) atoms. The van der Waals surface area contributed by atoms with Crippen molar-refractivity contribution < 1.29 is 4.79 Å². The Balaban J connectivity index is 2.22. The Morgan fingerprint density at radius 2 is 2.05 bits per heavy atom. The van der Waals surface area contributed by atoms with Crippen molar-refractivity contribution in [2.24, 2.45) is 5.92 Å². The lowest BCUT2D eigenvalue weighted by Crippen LogP contribution is -2.18. The number of nitrogens with one attached hydrogen (secondary N) is 1. The number of rotatable bonds is 5. The third-order valence-corrected chi connectivity index (χ3v) is 4.30. The molecule has 0 aromatic heterocycles. The largest absolute Gasteiger partial charge is 0.324 e. The molecule has 1 N–H and O–H groups in total. The van der Waals surface area contributed by atoms with Crippen LogP contribution in [0.5, 0.6) is 0 Å². The number of hydrogen-bond acceptors (Lipinski definition) is 1. The van der Waals surface area contributed by atoms with Gasteiger partial charge in [0.1, 0.15) is 0 Å². The van der Waals surface area contributed by atoms with Crippen LogP contribution in [0.2, 0.25) is 10.0 Å². The van der Waals surface area contributed by atoms with Crippen LogP contribution >= 0.6 is 23.2 Å². The van der Waals surface area contributed by atoms with E-state index in [9.17, 15) is 4.79 Å². The summed E-state index contributed by atoms with van der Waals surface area (Å²) in [6, 6.07) is 3.54. The van der Waals surface area contributed by atoms with Crippen molar-refractivity contribution in [2.45, 2.75) is 45.4 Å². The van der Waals surface area contributed by atoms with Crippen LogP contribution in [0.3, 0.4) is 0 Å². The van der Waals surface area contributed by atoms with E-state index >= 15 is 0 Å². The van der Waals surface area contributed by atoms with E-state index in [1.165, 1.54) is 12.8 Å². The summed E-state index contributed by atoms with van der Waals surface area (Å²) >= 11 is 12.2. The van der Waals surface area contributed by atoms with Gasteiger partial charge in [-0.05, 0) is 30.0 Å². The SMILES string of the molecule is CCCCCC(C)C1C(=O)Nc2c(Cl)cc(Cl)cc21. The molecular weight excluding hydrogens is 281 g/mol. The van der Waals surface area contributed by atoms with E-state index in [0.717, 1.165) is 24.1 Å². The standard InChI is InChI=1S/C15H19Cl2NO/c1-3-4-5-6-9(2)13-11-7-10(16)8-12(17)14(11)18-15(13)19/h7-9,13H,3-6H2,1-2H3,(H,18,19). The Labute approximate surface area is 124 Å². The first kappa shape index (κ1) is 14.7. The van der Waals surface area contributed by atoms with E-state index in [1.807, 2.05) is 6.07 Å². The van der Waals surface area contributed by atoms with Crippen molar-refractivity contribution in [1.82, 2.24) is 0 Å². The first-order valence-electron chi connectivity index (χ1n) is 6.84. The number of unbranched alkanes of at least 4 members (excludes halogenated alkanes) is 2. The Kier molecular flexibility index (Phi) is 4.75. The highest BCUT2D eigenvalue weighted by Gasteiger charge is 2.35. The molecule has 2 unspecified atom stereocenters. The van der Waals surface area contributed by atoms with Gasteiger partial charge in [0.15, 0.2) is 0 Å². The van der Waals surface area contributed by atoms with Gasteiger partial charge in [0.2, 0.25) is 5.91 Å². The summed E-state index contributed by atoms with van der Waals surface area (Å²) in [7, 11) is 0. The number of amides is 1. The molecular formula is C15H19Cl2NO. The van der Waals surface area contributed by atoms with Crippen molar-refractivity contribution in [3.63, 3.8) is 0 Å². The van der Waals surface area contributed by atoms with E-state index in [2.05, 4.69) is 19.2 Å². The summed E-state index contributed by atoms with van der Waals surface area (Å²) in [4.78, 5) is 12.2. The maximum absolute atomic E-state index is 12.2. The summed E-state index contributed by atoms with van der Waals surface area (Å²) in [6.07, 6.45) is 4.61. The van der Waals surface area contributed by atoms with Crippen molar-refractivity contribution in [3.8, 4) is 0 Å². The van der Waals surface area contributed by atoms with Crippen molar-refractivity contribution in [3.05, 3.63) is 27.7 Å².